The van der Waals surface area contributed by atoms with Crippen LogP contribution < -0.4 is 0 Å². The maximum atomic E-state index is 2.43. The van der Waals surface area contributed by atoms with E-state index in [0.717, 1.165) is 0 Å². The quantitative estimate of drug-likeness (QED) is 0.110. The van der Waals surface area contributed by atoms with E-state index in [2.05, 4.69) is 416 Å². The molecule has 524 valence electrons. The molecule has 0 spiro atoms. The first-order valence-corrected chi connectivity index (χ1v) is 39.4. The Morgan fingerprint density at radius 2 is 0.473 bits per heavy atom. The summed E-state index contributed by atoms with van der Waals surface area (Å²) in [6, 6.07) is 145. The van der Waals surface area contributed by atoms with Crippen LogP contribution in [0, 0.1) is 0 Å². The zero-order chi connectivity index (χ0) is 74.5. The molecule has 0 nitrogen and oxygen atoms in total. The molecule has 2 aliphatic carbocycles. The van der Waals surface area contributed by atoms with Gasteiger partial charge in [0.05, 0.1) is 0 Å². The molecule has 2 aliphatic rings. The molecule has 0 aromatic heterocycles. The van der Waals surface area contributed by atoms with E-state index in [0.29, 0.717) is 0 Å². The molecule has 21 aromatic rings. The molecule has 0 saturated heterocycles. The zero-order valence-corrected chi connectivity index (χ0v) is 63.0. The number of benzene rings is 21. The van der Waals surface area contributed by atoms with Crippen LogP contribution in [0.1, 0.15) is 49.9 Å². The van der Waals surface area contributed by atoms with E-state index in [1.54, 1.807) is 0 Å². The van der Waals surface area contributed by atoms with E-state index in [9.17, 15) is 0 Å². The molecule has 112 heavy (non-hydrogen) atoms. The summed E-state index contributed by atoms with van der Waals surface area (Å²) in [6.45, 7) is 9.58. The van der Waals surface area contributed by atoms with Crippen LogP contribution in [-0.2, 0) is 10.8 Å². The van der Waals surface area contributed by atoms with E-state index in [4.69, 9.17) is 0 Å². The van der Waals surface area contributed by atoms with Gasteiger partial charge in [0, 0.05) is 10.8 Å². The molecule has 0 radical (unpaired) electrons. The fourth-order valence-electron chi connectivity index (χ4n) is 20.1. The summed E-state index contributed by atoms with van der Waals surface area (Å²) in [4.78, 5) is 0. The number of hydrogen-bond donors (Lipinski definition) is 0. The SMILES string of the molecule is CC1(C)c2ccc3ccccc3c2-c2cccc(-c3ccc(-c4c5ccccc5c(-c5cccc6c5ccc5cc7ccccc7cc56)c5ccccc45)cc3)c21.CC1(C)c2ccc3ccccc3c2-c2cccc(-c3cccc(-c4c5ccccc5c(-c5cccc(-c6ccc7ccccc7c6)c5)c5ccccc45)c3)c21. The summed E-state index contributed by atoms with van der Waals surface area (Å²) >= 11 is 0. The van der Waals surface area contributed by atoms with Crippen LogP contribution in [0.3, 0.4) is 0 Å². The summed E-state index contributed by atoms with van der Waals surface area (Å²) in [5, 5.41) is 25.6. The Kier molecular flexibility index (Phi) is 14.8. The van der Waals surface area contributed by atoms with Crippen molar-refractivity contribution in [2.24, 2.45) is 0 Å². The van der Waals surface area contributed by atoms with Crippen molar-refractivity contribution in [1.82, 2.24) is 0 Å². The molecule has 0 heteroatoms. The maximum absolute atomic E-state index is 2.43. The molecule has 0 amide bonds. The summed E-state index contributed by atoms with van der Waals surface area (Å²) in [5.41, 5.74) is 28.5. The van der Waals surface area contributed by atoms with Gasteiger partial charge in [-0.1, -0.05) is 386 Å². The van der Waals surface area contributed by atoms with Gasteiger partial charge in [-0.15, -0.1) is 0 Å². The Balaban J connectivity index is 0.000000137. The Morgan fingerprint density at radius 1 is 0.143 bits per heavy atom. The van der Waals surface area contributed by atoms with E-state index in [1.165, 1.54) is 230 Å². The zero-order valence-electron chi connectivity index (χ0n) is 63.0. The lowest BCUT2D eigenvalue weighted by Crippen LogP contribution is -2.16. The highest BCUT2D eigenvalue weighted by atomic mass is 14.4. The van der Waals surface area contributed by atoms with Crippen molar-refractivity contribution in [1.29, 1.82) is 0 Å². The van der Waals surface area contributed by atoms with Gasteiger partial charge in [0.15, 0.2) is 0 Å². The van der Waals surface area contributed by atoms with Crippen molar-refractivity contribution < 1.29 is 0 Å². The van der Waals surface area contributed by atoms with Crippen molar-refractivity contribution in [2.75, 3.05) is 0 Å². The van der Waals surface area contributed by atoms with Gasteiger partial charge in [-0.2, -0.15) is 0 Å². The molecule has 0 fully saturated rings. The molecule has 0 saturated carbocycles. The highest BCUT2D eigenvalue weighted by Crippen LogP contribution is 2.58. The number of hydrogen-bond acceptors (Lipinski definition) is 0. The van der Waals surface area contributed by atoms with Crippen LogP contribution in [-0.4, -0.2) is 0 Å². The molecular weight excluding hydrogens is 1350 g/mol. The first-order chi connectivity index (χ1) is 55.1. The summed E-state index contributed by atoms with van der Waals surface area (Å²) in [7, 11) is 0. The highest BCUT2D eigenvalue weighted by Gasteiger charge is 2.40. The van der Waals surface area contributed by atoms with Crippen LogP contribution in [0.25, 0.3) is 208 Å². The van der Waals surface area contributed by atoms with Crippen molar-refractivity contribution in [3.8, 4) is 100 Å². The molecule has 0 unspecified atom stereocenters. The summed E-state index contributed by atoms with van der Waals surface area (Å²) < 4.78 is 0. The topological polar surface area (TPSA) is 0 Å². The van der Waals surface area contributed by atoms with Gasteiger partial charge in [0.1, 0.15) is 0 Å². The minimum Gasteiger partial charge on any atom is -0.0616 e. The van der Waals surface area contributed by atoms with Gasteiger partial charge in [-0.25, -0.2) is 0 Å². The fourth-order valence-corrected chi connectivity index (χ4v) is 20.1. The predicted octanol–water partition coefficient (Wildman–Crippen LogP) is 31.2. The average Bonchev–Trinajstić information content (AvgIpc) is 1.51. The van der Waals surface area contributed by atoms with E-state index in [-0.39, 0.29) is 10.8 Å². The lowest BCUT2D eigenvalue weighted by atomic mass is 9.78. The monoisotopic (exact) mass is 1420 g/mol. The molecule has 0 atom stereocenters. The summed E-state index contributed by atoms with van der Waals surface area (Å²) in [6.07, 6.45) is 0. The van der Waals surface area contributed by atoms with Crippen LogP contribution in [0.4, 0.5) is 0 Å². The van der Waals surface area contributed by atoms with Crippen molar-refractivity contribution in [3.05, 3.63) is 411 Å². The number of fused-ring (bicyclic) bond motifs is 19. The fraction of sp³-hybridized carbons (Fsp3) is 0.0536. The van der Waals surface area contributed by atoms with Crippen molar-refractivity contribution in [3.63, 3.8) is 0 Å². The van der Waals surface area contributed by atoms with Crippen LogP contribution in [0.5, 0.6) is 0 Å². The van der Waals surface area contributed by atoms with Crippen LogP contribution in [0.15, 0.2) is 388 Å². The lowest BCUT2D eigenvalue weighted by Gasteiger charge is -2.25. The van der Waals surface area contributed by atoms with Crippen LogP contribution in [0.2, 0.25) is 0 Å². The third-order valence-electron chi connectivity index (χ3n) is 25.2. The molecule has 0 bridgehead atoms. The third kappa shape index (κ3) is 10.1. The van der Waals surface area contributed by atoms with Gasteiger partial charge in [-0.3, -0.25) is 0 Å². The number of rotatable bonds is 7. The second-order valence-electron chi connectivity index (χ2n) is 32.0. The van der Waals surface area contributed by atoms with E-state index < -0.39 is 0 Å². The van der Waals surface area contributed by atoms with Crippen LogP contribution >= 0.6 is 0 Å². The van der Waals surface area contributed by atoms with Gasteiger partial charge in [0.2, 0.25) is 0 Å². The first-order valence-electron chi connectivity index (χ1n) is 39.4. The van der Waals surface area contributed by atoms with Crippen molar-refractivity contribution >= 4 is 108 Å². The Bertz CT molecular complexity index is 7430. The highest BCUT2D eigenvalue weighted by molar-refractivity contribution is 6.26. The Labute approximate surface area is 652 Å². The Hall–Kier alpha value is -13.8. The standard InChI is InChI=1S/C57H38.C55H38/c1-57(2)52-32-30-35-13-5-6-16-41(35)55(52)50-24-11-21-42(56(50)57)36-25-27-37(28-26-36)53-46-17-7-9-19-48(46)54(49-20-10-8-18-47(49)53)45-23-12-22-43-44(45)31-29-40-33-38-14-3-4-15-39(38)34-51(40)43;1-55(2)50-31-30-36-15-5-6-21-43(36)53(50)49-27-13-26-44(54(49)55)40-18-12-20-42(34-40)52-47-24-9-7-22-45(47)51(46-23-8-10-25-48(46)52)41-19-11-17-38(33-41)39-29-28-35-14-3-4-16-37(35)32-39/h3-34H,1-2H3;3-34H,1-2H3. The maximum Gasteiger partial charge on any atom is 0.0165 e. The average molecular weight is 1420 g/mol. The smallest absolute Gasteiger partial charge is 0.0165 e. The minimum atomic E-state index is -0.135. The first kappa shape index (κ1) is 65.3. The van der Waals surface area contributed by atoms with Crippen molar-refractivity contribution in [2.45, 2.75) is 38.5 Å². The largest absolute Gasteiger partial charge is 0.0616 e. The van der Waals surface area contributed by atoms with E-state index >= 15 is 0 Å². The molecule has 21 aromatic carbocycles. The van der Waals surface area contributed by atoms with E-state index in [1.807, 2.05) is 0 Å². The van der Waals surface area contributed by atoms with Gasteiger partial charge < -0.3 is 0 Å². The summed E-state index contributed by atoms with van der Waals surface area (Å²) in [5.74, 6) is 0. The lowest BCUT2D eigenvalue weighted by molar-refractivity contribution is 0.662. The molecule has 0 heterocycles. The second kappa shape index (κ2) is 25.4. The normalized spacial score (nSPS) is 13.1. The van der Waals surface area contributed by atoms with Gasteiger partial charge in [0.25, 0.3) is 0 Å². The second-order valence-corrected chi connectivity index (χ2v) is 32.0. The predicted molar refractivity (Wildman–Crippen MR) is 481 cm³/mol. The van der Waals surface area contributed by atoms with Gasteiger partial charge >= 0.3 is 0 Å². The third-order valence-corrected chi connectivity index (χ3v) is 25.2. The molecule has 0 N–H and O–H groups in total. The minimum absolute atomic E-state index is 0.117. The molecule has 23 rings (SSSR count). The molecular formula is C112H76. The van der Waals surface area contributed by atoms with Gasteiger partial charge in [-0.05, 0) is 260 Å². The molecule has 0 aliphatic heterocycles. The Morgan fingerprint density at radius 3 is 1.00 bits per heavy atom.